The summed E-state index contributed by atoms with van der Waals surface area (Å²) >= 11 is 0. The molecule has 0 unspecified atom stereocenters. The Balaban J connectivity index is 0.00000133. The van der Waals surface area contributed by atoms with Gasteiger partial charge in [-0.2, -0.15) is 0 Å². The van der Waals surface area contributed by atoms with Gasteiger partial charge in [-0.15, -0.1) is 12.4 Å². The summed E-state index contributed by atoms with van der Waals surface area (Å²) in [5.41, 5.74) is 0.538. The average Bonchev–Trinajstić information content (AvgIpc) is 3.07. The SMILES string of the molecule is CCCC1(C(=O)N2CCC3(CCNCC3)C2)CC1.Cl. The molecule has 0 radical (unpaired) electrons. The van der Waals surface area contributed by atoms with Crippen molar-refractivity contribution in [2.75, 3.05) is 26.2 Å². The zero-order valence-electron chi connectivity index (χ0n) is 12.0. The standard InChI is InChI=1S/C15H26N2O.ClH/c1-2-3-15(4-5-15)13(18)17-11-8-14(12-17)6-9-16-10-7-14;/h16H,2-12H2,1H3;1H. The van der Waals surface area contributed by atoms with Crippen molar-refractivity contribution in [2.45, 2.75) is 51.9 Å². The van der Waals surface area contributed by atoms with Gasteiger partial charge in [0.2, 0.25) is 5.91 Å². The Hall–Kier alpha value is -0.280. The van der Waals surface area contributed by atoms with Crippen LogP contribution < -0.4 is 5.32 Å². The van der Waals surface area contributed by atoms with Crippen LogP contribution in [0.25, 0.3) is 0 Å². The lowest BCUT2D eigenvalue weighted by molar-refractivity contribution is -0.136. The Kier molecular flexibility index (Phi) is 4.46. The van der Waals surface area contributed by atoms with E-state index in [0.717, 1.165) is 51.9 Å². The second kappa shape index (κ2) is 5.61. The Labute approximate surface area is 122 Å². The molecule has 1 saturated carbocycles. The summed E-state index contributed by atoms with van der Waals surface area (Å²) in [6.07, 6.45) is 8.30. The second-order valence-electron chi connectivity index (χ2n) is 6.76. The molecule has 0 aromatic carbocycles. The molecule has 110 valence electrons. The molecule has 1 spiro atoms. The Bertz CT molecular complexity index is 335. The molecule has 2 saturated heterocycles. The zero-order chi connectivity index (χ0) is 12.6. The number of rotatable bonds is 3. The van der Waals surface area contributed by atoms with Crippen molar-refractivity contribution < 1.29 is 4.79 Å². The van der Waals surface area contributed by atoms with Gasteiger partial charge in [0, 0.05) is 18.5 Å². The van der Waals surface area contributed by atoms with E-state index in [2.05, 4.69) is 17.1 Å². The maximum absolute atomic E-state index is 12.7. The van der Waals surface area contributed by atoms with E-state index in [0.29, 0.717) is 11.3 Å². The zero-order valence-corrected chi connectivity index (χ0v) is 12.9. The van der Waals surface area contributed by atoms with Crippen molar-refractivity contribution >= 4 is 18.3 Å². The summed E-state index contributed by atoms with van der Waals surface area (Å²) in [6.45, 7) is 6.54. The number of hydrogen-bond acceptors (Lipinski definition) is 2. The summed E-state index contributed by atoms with van der Waals surface area (Å²) in [5.74, 6) is 0.486. The average molecular weight is 287 g/mol. The third-order valence-electron chi connectivity index (χ3n) is 5.43. The first-order valence-corrected chi connectivity index (χ1v) is 7.70. The number of nitrogens with zero attached hydrogens (tertiary/aromatic N) is 1. The molecule has 1 amide bonds. The number of hydrogen-bond donors (Lipinski definition) is 1. The van der Waals surface area contributed by atoms with Crippen molar-refractivity contribution in [3.63, 3.8) is 0 Å². The molecule has 2 heterocycles. The van der Waals surface area contributed by atoms with E-state index < -0.39 is 0 Å². The Morgan fingerprint density at radius 1 is 1.16 bits per heavy atom. The van der Waals surface area contributed by atoms with Crippen LogP contribution in [0, 0.1) is 10.8 Å². The molecule has 0 atom stereocenters. The molecule has 0 aromatic rings. The number of nitrogens with one attached hydrogen (secondary N) is 1. The highest BCUT2D eigenvalue weighted by Crippen LogP contribution is 2.52. The number of amides is 1. The van der Waals surface area contributed by atoms with E-state index in [9.17, 15) is 4.79 Å². The van der Waals surface area contributed by atoms with Gasteiger partial charge in [-0.05, 0) is 57.0 Å². The molecular formula is C15H27ClN2O. The summed E-state index contributed by atoms with van der Waals surface area (Å²) in [7, 11) is 0. The van der Waals surface area contributed by atoms with Gasteiger partial charge >= 0.3 is 0 Å². The lowest BCUT2D eigenvalue weighted by atomic mass is 9.78. The van der Waals surface area contributed by atoms with E-state index in [4.69, 9.17) is 0 Å². The molecule has 0 bridgehead atoms. The summed E-state index contributed by atoms with van der Waals surface area (Å²) < 4.78 is 0. The highest BCUT2D eigenvalue weighted by molar-refractivity contribution is 5.86. The van der Waals surface area contributed by atoms with E-state index in [1.165, 1.54) is 19.3 Å². The van der Waals surface area contributed by atoms with Gasteiger partial charge in [0.15, 0.2) is 0 Å². The number of likely N-dealkylation sites (tertiary alicyclic amines) is 1. The third kappa shape index (κ3) is 2.78. The maximum Gasteiger partial charge on any atom is 0.228 e. The highest BCUT2D eigenvalue weighted by Gasteiger charge is 2.53. The monoisotopic (exact) mass is 286 g/mol. The van der Waals surface area contributed by atoms with Crippen molar-refractivity contribution in [1.29, 1.82) is 0 Å². The van der Waals surface area contributed by atoms with E-state index in [-0.39, 0.29) is 17.8 Å². The van der Waals surface area contributed by atoms with E-state index >= 15 is 0 Å². The molecule has 3 fully saturated rings. The molecule has 3 nitrogen and oxygen atoms in total. The van der Waals surface area contributed by atoms with Crippen molar-refractivity contribution in [3.05, 3.63) is 0 Å². The van der Waals surface area contributed by atoms with Crippen molar-refractivity contribution in [1.82, 2.24) is 10.2 Å². The maximum atomic E-state index is 12.7. The topological polar surface area (TPSA) is 32.3 Å². The predicted molar refractivity (Wildman–Crippen MR) is 79.6 cm³/mol. The van der Waals surface area contributed by atoms with Crippen LogP contribution in [0.1, 0.15) is 51.9 Å². The molecule has 1 aliphatic carbocycles. The molecule has 4 heteroatoms. The number of carbonyl (C=O) groups excluding carboxylic acids is 1. The molecule has 3 aliphatic rings. The van der Waals surface area contributed by atoms with Crippen LogP contribution >= 0.6 is 12.4 Å². The summed E-state index contributed by atoms with van der Waals surface area (Å²) in [4.78, 5) is 14.9. The lowest BCUT2D eigenvalue weighted by Gasteiger charge is -2.34. The van der Waals surface area contributed by atoms with Gasteiger partial charge in [-0.3, -0.25) is 4.79 Å². The smallest absolute Gasteiger partial charge is 0.228 e. The summed E-state index contributed by atoms with van der Waals surface area (Å²) in [5, 5.41) is 3.44. The minimum atomic E-state index is 0. The normalized spacial score (nSPS) is 27.1. The number of carbonyl (C=O) groups is 1. The third-order valence-corrected chi connectivity index (χ3v) is 5.43. The fraction of sp³-hybridized carbons (Fsp3) is 0.933. The minimum Gasteiger partial charge on any atom is -0.342 e. The van der Waals surface area contributed by atoms with Crippen molar-refractivity contribution in [2.24, 2.45) is 10.8 Å². The van der Waals surface area contributed by atoms with Crippen LogP contribution in [0.15, 0.2) is 0 Å². The highest BCUT2D eigenvalue weighted by atomic mass is 35.5. The quantitative estimate of drug-likeness (QED) is 0.865. The van der Waals surface area contributed by atoms with Crippen LogP contribution in [0.5, 0.6) is 0 Å². The van der Waals surface area contributed by atoms with E-state index in [1.54, 1.807) is 0 Å². The number of piperidine rings is 1. The fourth-order valence-electron chi connectivity index (χ4n) is 4.01. The fourth-order valence-corrected chi connectivity index (χ4v) is 4.01. The van der Waals surface area contributed by atoms with Gasteiger partial charge < -0.3 is 10.2 Å². The van der Waals surface area contributed by atoms with Crippen LogP contribution in [-0.2, 0) is 4.79 Å². The summed E-state index contributed by atoms with van der Waals surface area (Å²) in [6, 6.07) is 0. The largest absolute Gasteiger partial charge is 0.342 e. The van der Waals surface area contributed by atoms with Gasteiger partial charge in [0.25, 0.3) is 0 Å². The van der Waals surface area contributed by atoms with Crippen LogP contribution in [0.4, 0.5) is 0 Å². The van der Waals surface area contributed by atoms with E-state index in [1.807, 2.05) is 0 Å². The van der Waals surface area contributed by atoms with Gasteiger partial charge in [0.1, 0.15) is 0 Å². The molecule has 0 aromatic heterocycles. The molecule has 1 N–H and O–H groups in total. The Morgan fingerprint density at radius 2 is 1.84 bits per heavy atom. The second-order valence-corrected chi connectivity index (χ2v) is 6.76. The number of halogens is 1. The predicted octanol–water partition coefficient (Wildman–Crippen LogP) is 2.59. The Morgan fingerprint density at radius 3 is 2.42 bits per heavy atom. The van der Waals surface area contributed by atoms with Crippen LogP contribution in [0.2, 0.25) is 0 Å². The van der Waals surface area contributed by atoms with Crippen LogP contribution in [0.3, 0.4) is 0 Å². The molecular weight excluding hydrogens is 260 g/mol. The van der Waals surface area contributed by atoms with Crippen molar-refractivity contribution in [3.8, 4) is 0 Å². The van der Waals surface area contributed by atoms with Gasteiger partial charge in [0.05, 0.1) is 0 Å². The first kappa shape index (κ1) is 15.1. The van der Waals surface area contributed by atoms with Gasteiger partial charge in [-0.25, -0.2) is 0 Å². The molecule has 3 rings (SSSR count). The van der Waals surface area contributed by atoms with Gasteiger partial charge in [-0.1, -0.05) is 13.3 Å². The minimum absolute atomic E-state index is 0. The first-order chi connectivity index (χ1) is 8.70. The van der Waals surface area contributed by atoms with Crippen LogP contribution in [-0.4, -0.2) is 37.0 Å². The first-order valence-electron chi connectivity index (χ1n) is 7.70. The molecule has 19 heavy (non-hydrogen) atoms. The molecule has 2 aliphatic heterocycles. The lowest BCUT2D eigenvalue weighted by Crippen LogP contribution is -2.41.